The minimum absolute atomic E-state index is 0.0624. The number of rotatable bonds is 8. The number of nitrogens with one attached hydrogen (secondary N) is 1. The van der Waals surface area contributed by atoms with Gasteiger partial charge in [0.15, 0.2) is 0 Å². The summed E-state index contributed by atoms with van der Waals surface area (Å²) >= 11 is 0. The highest BCUT2D eigenvalue weighted by Gasteiger charge is 2.10. The summed E-state index contributed by atoms with van der Waals surface area (Å²) in [4.78, 5) is 11.1. The van der Waals surface area contributed by atoms with Crippen LogP contribution in [0.4, 0.5) is 0 Å². The molecule has 0 heterocycles. The van der Waals surface area contributed by atoms with Crippen molar-refractivity contribution >= 4 is 5.91 Å². The molecular formula is C11H23NO2. The van der Waals surface area contributed by atoms with E-state index < -0.39 is 0 Å². The maximum atomic E-state index is 11.1. The van der Waals surface area contributed by atoms with Gasteiger partial charge in [-0.3, -0.25) is 4.79 Å². The predicted molar refractivity (Wildman–Crippen MR) is 58.2 cm³/mol. The van der Waals surface area contributed by atoms with E-state index in [-0.39, 0.29) is 12.0 Å². The Morgan fingerprint density at radius 3 is 2.57 bits per heavy atom. The second-order valence-corrected chi connectivity index (χ2v) is 3.49. The molecule has 1 unspecified atom stereocenters. The van der Waals surface area contributed by atoms with E-state index in [9.17, 15) is 4.79 Å². The average molecular weight is 201 g/mol. The van der Waals surface area contributed by atoms with Crippen molar-refractivity contribution in [3.8, 4) is 0 Å². The molecule has 0 rings (SSSR count). The van der Waals surface area contributed by atoms with Gasteiger partial charge in [0.2, 0.25) is 5.91 Å². The molecule has 0 fully saturated rings. The van der Waals surface area contributed by atoms with Gasteiger partial charge in [0.1, 0.15) is 0 Å². The van der Waals surface area contributed by atoms with Crippen LogP contribution in [0.3, 0.4) is 0 Å². The Morgan fingerprint density at radius 1 is 1.36 bits per heavy atom. The highest BCUT2D eigenvalue weighted by molar-refractivity contribution is 5.75. The number of amides is 1. The van der Waals surface area contributed by atoms with Crippen LogP contribution in [0.15, 0.2) is 0 Å². The van der Waals surface area contributed by atoms with E-state index in [4.69, 9.17) is 4.74 Å². The molecule has 0 spiro atoms. The molecule has 1 atom stereocenters. The Balaban J connectivity index is 3.52. The summed E-state index contributed by atoms with van der Waals surface area (Å²) in [5, 5.41) is 2.61. The number of carbonyl (C=O) groups excluding carboxylic acids is 1. The van der Waals surface area contributed by atoms with E-state index in [0.29, 0.717) is 6.42 Å². The van der Waals surface area contributed by atoms with Crippen molar-refractivity contribution in [3.63, 3.8) is 0 Å². The van der Waals surface area contributed by atoms with Gasteiger partial charge < -0.3 is 10.1 Å². The molecule has 0 aliphatic rings. The second-order valence-electron chi connectivity index (χ2n) is 3.49. The summed E-state index contributed by atoms with van der Waals surface area (Å²) in [5.74, 6) is 0.0624. The molecule has 0 aromatic rings. The SMILES string of the molecule is CCCCCOC(CC)CC(=O)NC. The second kappa shape index (κ2) is 9.00. The van der Waals surface area contributed by atoms with Gasteiger partial charge in [-0.05, 0) is 12.8 Å². The summed E-state index contributed by atoms with van der Waals surface area (Å²) in [5.41, 5.74) is 0. The lowest BCUT2D eigenvalue weighted by Gasteiger charge is -2.14. The van der Waals surface area contributed by atoms with Crippen LogP contribution >= 0.6 is 0 Å². The van der Waals surface area contributed by atoms with Crippen molar-refractivity contribution in [1.82, 2.24) is 5.32 Å². The van der Waals surface area contributed by atoms with E-state index in [2.05, 4.69) is 12.2 Å². The zero-order valence-corrected chi connectivity index (χ0v) is 9.64. The molecule has 3 heteroatoms. The lowest BCUT2D eigenvalue weighted by atomic mass is 10.2. The third kappa shape index (κ3) is 6.89. The molecular weight excluding hydrogens is 178 g/mol. The van der Waals surface area contributed by atoms with E-state index in [1.54, 1.807) is 7.05 Å². The average Bonchev–Trinajstić information content (AvgIpc) is 2.22. The van der Waals surface area contributed by atoms with Crippen LogP contribution in [0, 0.1) is 0 Å². The van der Waals surface area contributed by atoms with E-state index in [0.717, 1.165) is 19.4 Å². The van der Waals surface area contributed by atoms with Crippen LogP contribution in [-0.4, -0.2) is 25.7 Å². The fourth-order valence-corrected chi connectivity index (χ4v) is 1.23. The molecule has 0 saturated heterocycles. The van der Waals surface area contributed by atoms with E-state index >= 15 is 0 Å². The van der Waals surface area contributed by atoms with E-state index in [1.165, 1.54) is 12.8 Å². The first kappa shape index (κ1) is 13.4. The number of hydrogen-bond acceptors (Lipinski definition) is 2. The molecule has 3 nitrogen and oxygen atoms in total. The summed E-state index contributed by atoms with van der Waals surface area (Å²) in [6.07, 6.45) is 4.98. The minimum atomic E-state index is 0.0624. The number of carbonyl (C=O) groups is 1. The zero-order valence-electron chi connectivity index (χ0n) is 9.64. The number of unbranched alkanes of at least 4 members (excludes halogenated alkanes) is 2. The molecule has 0 aliphatic heterocycles. The van der Waals surface area contributed by atoms with Crippen molar-refractivity contribution in [2.24, 2.45) is 0 Å². The van der Waals surface area contributed by atoms with Crippen LogP contribution in [0.5, 0.6) is 0 Å². The Kier molecular flexibility index (Phi) is 8.64. The van der Waals surface area contributed by atoms with Gasteiger partial charge in [-0.15, -0.1) is 0 Å². The molecule has 0 aliphatic carbocycles. The van der Waals surface area contributed by atoms with Gasteiger partial charge in [0.25, 0.3) is 0 Å². The topological polar surface area (TPSA) is 38.3 Å². The molecule has 0 aromatic heterocycles. The van der Waals surface area contributed by atoms with Crippen LogP contribution in [0.1, 0.15) is 46.0 Å². The number of ether oxygens (including phenoxy) is 1. The third-order valence-electron chi connectivity index (χ3n) is 2.25. The first-order valence-electron chi connectivity index (χ1n) is 5.56. The number of hydrogen-bond donors (Lipinski definition) is 1. The molecule has 0 aromatic carbocycles. The molecule has 0 bridgehead atoms. The van der Waals surface area contributed by atoms with E-state index in [1.807, 2.05) is 6.92 Å². The highest BCUT2D eigenvalue weighted by atomic mass is 16.5. The summed E-state index contributed by atoms with van der Waals surface area (Å²) < 4.78 is 5.60. The molecule has 84 valence electrons. The fraction of sp³-hybridized carbons (Fsp3) is 0.909. The van der Waals surface area contributed by atoms with Gasteiger partial charge in [-0.25, -0.2) is 0 Å². The standard InChI is InChI=1S/C11H23NO2/c1-4-6-7-8-14-10(5-2)9-11(13)12-3/h10H,4-9H2,1-3H3,(H,12,13). The van der Waals surface area contributed by atoms with Crippen molar-refractivity contribution in [2.75, 3.05) is 13.7 Å². The summed E-state index contributed by atoms with van der Waals surface area (Å²) in [6, 6.07) is 0. The van der Waals surface area contributed by atoms with Gasteiger partial charge >= 0.3 is 0 Å². The van der Waals surface area contributed by atoms with Gasteiger partial charge in [0.05, 0.1) is 12.5 Å². The Bertz CT molecular complexity index is 148. The monoisotopic (exact) mass is 201 g/mol. The van der Waals surface area contributed by atoms with Gasteiger partial charge in [-0.2, -0.15) is 0 Å². The molecule has 0 radical (unpaired) electrons. The van der Waals surface area contributed by atoms with Crippen LogP contribution in [-0.2, 0) is 9.53 Å². The van der Waals surface area contributed by atoms with Crippen molar-refractivity contribution in [2.45, 2.75) is 52.1 Å². The Hall–Kier alpha value is -0.570. The van der Waals surface area contributed by atoms with Gasteiger partial charge in [0, 0.05) is 13.7 Å². The van der Waals surface area contributed by atoms with Crippen LogP contribution < -0.4 is 5.32 Å². The maximum absolute atomic E-state index is 11.1. The normalized spacial score (nSPS) is 12.5. The smallest absolute Gasteiger partial charge is 0.222 e. The summed E-state index contributed by atoms with van der Waals surface area (Å²) in [7, 11) is 1.66. The molecule has 0 saturated carbocycles. The molecule has 14 heavy (non-hydrogen) atoms. The summed E-state index contributed by atoms with van der Waals surface area (Å²) in [6.45, 7) is 5.00. The Labute approximate surface area is 87.2 Å². The fourth-order valence-electron chi connectivity index (χ4n) is 1.23. The first-order valence-corrected chi connectivity index (χ1v) is 5.56. The van der Waals surface area contributed by atoms with Gasteiger partial charge in [-0.1, -0.05) is 26.7 Å². The van der Waals surface area contributed by atoms with Crippen molar-refractivity contribution in [3.05, 3.63) is 0 Å². The Morgan fingerprint density at radius 2 is 2.07 bits per heavy atom. The lowest BCUT2D eigenvalue weighted by molar-refractivity contribution is -0.123. The quantitative estimate of drug-likeness (QED) is 0.611. The highest BCUT2D eigenvalue weighted by Crippen LogP contribution is 2.05. The first-order chi connectivity index (χ1) is 6.74. The van der Waals surface area contributed by atoms with Crippen LogP contribution in [0.25, 0.3) is 0 Å². The molecule has 1 N–H and O–H groups in total. The third-order valence-corrected chi connectivity index (χ3v) is 2.25. The molecule has 1 amide bonds. The lowest BCUT2D eigenvalue weighted by Crippen LogP contribution is -2.25. The maximum Gasteiger partial charge on any atom is 0.222 e. The zero-order chi connectivity index (χ0) is 10.8. The van der Waals surface area contributed by atoms with Crippen molar-refractivity contribution < 1.29 is 9.53 Å². The largest absolute Gasteiger partial charge is 0.378 e. The van der Waals surface area contributed by atoms with Crippen LogP contribution in [0.2, 0.25) is 0 Å². The predicted octanol–water partition coefficient (Wildman–Crippen LogP) is 2.11. The minimum Gasteiger partial charge on any atom is -0.378 e. The van der Waals surface area contributed by atoms with Crippen molar-refractivity contribution in [1.29, 1.82) is 0 Å².